The molecule has 0 saturated heterocycles. The van der Waals surface area contributed by atoms with Gasteiger partial charge in [-0.2, -0.15) is 0 Å². The summed E-state index contributed by atoms with van der Waals surface area (Å²) in [7, 11) is 0. The van der Waals surface area contributed by atoms with Gasteiger partial charge in [-0.05, 0) is 24.3 Å². The lowest BCUT2D eigenvalue weighted by Gasteiger charge is -2.04. The van der Waals surface area contributed by atoms with Gasteiger partial charge in [0.05, 0.1) is 0 Å². The van der Waals surface area contributed by atoms with Crippen LogP contribution in [-0.2, 0) is 4.79 Å². The van der Waals surface area contributed by atoms with Gasteiger partial charge in [-0.15, -0.1) is 0 Å². The van der Waals surface area contributed by atoms with Crippen LogP contribution in [0.5, 0.6) is 0 Å². The van der Waals surface area contributed by atoms with Crippen LogP contribution in [0.1, 0.15) is 50.5 Å². The molecule has 1 N–H and O–H groups in total. The highest BCUT2D eigenvalue weighted by molar-refractivity contribution is 5.82. The molecule has 0 unspecified atom stereocenters. The van der Waals surface area contributed by atoms with E-state index < -0.39 is 0 Å². The first-order valence-corrected chi connectivity index (χ1v) is 7.15. The molecule has 1 aromatic carbocycles. The van der Waals surface area contributed by atoms with Crippen molar-refractivity contribution in [2.45, 2.75) is 44.9 Å². The molecule has 0 bridgehead atoms. The van der Waals surface area contributed by atoms with Crippen molar-refractivity contribution in [1.29, 1.82) is 0 Å². The Morgan fingerprint density at radius 1 is 1.22 bits per heavy atom. The third kappa shape index (κ3) is 3.59. The summed E-state index contributed by atoms with van der Waals surface area (Å²) in [5.41, 5.74) is 1.31. The summed E-state index contributed by atoms with van der Waals surface area (Å²) in [4.78, 5) is 11.9. The topological polar surface area (TPSA) is 29.1 Å². The first kappa shape index (κ1) is 13.1. The van der Waals surface area contributed by atoms with E-state index in [1.165, 1.54) is 24.8 Å². The monoisotopic (exact) mass is 245 g/mol. The highest BCUT2D eigenvalue weighted by Gasteiger charge is 2.43. The SMILES string of the molecule is CCCCCCNC(=O)[C@H]1C[C@@H]1c1ccccc1. The highest BCUT2D eigenvalue weighted by Crippen LogP contribution is 2.47. The number of nitrogens with one attached hydrogen (secondary N) is 1. The second-order valence-corrected chi connectivity index (χ2v) is 5.21. The molecule has 1 fully saturated rings. The number of rotatable bonds is 7. The van der Waals surface area contributed by atoms with E-state index in [4.69, 9.17) is 0 Å². The van der Waals surface area contributed by atoms with Crippen LogP contribution in [0.4, 0.5) is 0 Å². The summed E-state index contributed by atoms with van der Waals surface area (Å²) >= 11 is 0. The fourth-order valence-corrected chi connectivity index (χ4v) is 2.45. The van der Waals surface area contributed by atoms with Crippen molar-refractivity contribution in [2.24, 2.45) is 5.92 Å². The van der Waals surface area contributed by atoms with Crippen molar-refractivity contribution in [3.63, 3.8) is 0 Å². The number of carbonyl (C=O) groups excluding carboxylic acids is 1. The zero-order valence-corrected chi connectivity index (χ0v) is 11.2. The van der Waals surface area contributed by atoms with Gasteiger partial charge in [-0.1, -0.05) is 56.5 Å². The number of hydrogen-bond donors (Lipinski definition) is 1. The van der Waals surface area contributed by atoms with E-state index in [9.17, 15) is 4.79 Å². The van der Waals surface area contributed by atoms with Crippen LogP contribution < -0.4 is 5.32 Å². The van der Waals surface area contributed by atoms with Gasteiger partial charge < -0.3 is 5.32 Å². The quantitative estimate of drug-likeness (QED) is 0.732. The normalized spacial score (nSPS) is 21.6. The third-order valence-electron chi connectivity index (χ3n) is 3.68. The van der Waals surface area contributed by atoms with E-state index in [0.717, 1.165) is 19.4 Å². The number of unbranched alkanes of at least 4 members (excludes halogenated alkanes) is 3. The summed E-state index contributed by atoms with van der Waals surface area (Å²) in [5.74, 6) is 0.931. The van der Waals surface area contributed by atoms with Crippen molar-refractivity contribution in [2.75, 3.05) is 6.54 Å². The molecule has 2 nitrogen and oxygen atoms in total. The first-order valence-electron chi connectivity index (χ1n) is 7.15. The summed E-state index contributed by atoms with van der Waals surface area (Å²) in [5, 5.41) is 3.06. The minimum Gasteiger partial charge on any atom is -0.356 e. The molecular formula is C16H23NO. The minimum atomic E-state index is 0.221. The average Bonchev–Trinajstić information content (AvgIpc) is 3.20. The van der Waals surface area contributed by atoms with E-state index in [1.54, 1.807) is 0 Å². The Labute approximate surface area is 110 Å². The molecule has 1 aliphatic carbocycles. The molecule has 1 aromatic rings. The van der Waals surface area contributed by atoms with E-state index in [0.29, 0.717) is 5.92 Å². The van der Waals surface area contributed by atoms with Crippen LogP contribution in [0.3, 0.4) is 0 Å². The fraction of sp³-hybridized carbons (Fsp3) is 0.562. The lowest BCUT2D eigenvalue weighted by molar-refractivity contribution is -0.122. The van der Waals surface area contributed by atoms with Crippen molar-refractivity contribution in [1.82, 2.24) is 5.32 Å². The van der Waals surface area contributed by atoms with Crippen molar-refractivity contribution in [3.05, 3.63) is 35.9 Å². The summed E-state index contributed by atoms with van der Waals surface area (Å²) in [6, 6.07) is 10.4. The van der Waals surface area contributed by atoms with E-state index in [1.807, 2.05) is 18.2 Å². The molecule has 0 aliphatic heterocycles. The van der Waals surface area contributed by atoms with Gasteiger partial charge in [0.2, 0.25) is 5.91 Å². The van der Waals surface area contributed by atoms with Gasteiger partial charge in [-0.3, -0.25) is 4.79 Å². The van der Waals surface area contributed by atoms with Crippen molar-refractivity contribution < 1.29 is 4.79 Å². The molecular weight excluding hydrogens is 222 g/mol. The van der Waals surface area contributed by atoms with Crippen LogP contribution in [0.2, 0.25) is 0 Å². The Balaban J connectivity index is 1.67. The minimum absolute atomic E-state index is 0.221. The van der Waals surface area contributed by atoms with Gasteiger partial charge in [-0.25, -0.2) is 0 Å². The van der Waals surface area contributed by atoms with E-state index in [-0.39, 0.29) is 11.8 Å². The maximum atomic E-state index is 11.9. The second-order valence-electron chi connectivity index (χ2n) is 5.21. The number of amides is 1. The predicted molar refractivity (Wildman–Crippen MR) is 74.4 cm³/mol. The molecule has 0 radical (unpaired) electrons. The summed E-state index contributed by atoms with van der Waals surface area (Å²) in [6.45, 7) is 3.05. The van der Waals surface area contributed by atoms with E-state index in [2.05, 4.69) is 24.4 Å². The van der Waals surface area contributed by atoms with Gasteiger partial charge in [0.1, 0.15) is 0 Å². The molecule has 1 saturated carbocycles. The Bertz CT molecular complexity index is 374. The average molecular weight is 245 g/mol. The van der Waals surface area contributed by atoms with Crippen LogP contribution in [0.25, 0.3) is 0 Å². The molecule has 18 heavy (non-hydrogen) atoms. The van der Waals surface area contributed by atoms with Crippen LogP contribution in [-0.4, -0.2) is 12.5 Å². The lowest BCUT2D eigenvalue weighted by atomic mass is 10.1. The van der Waals surface area contributed by atoms with Crippen molar-refractivity contribution in [3.8, 4) is 0 Å². The van der Waals surface area contributed by atoms with Gasteiger partial charge in [0.15, 0.2) is 0 Å². The fourth-order valence-electron chi connectivity index (χ4n) is 2.45. The molecule has 2 rings (SSSR count). The smallest absolute Gasteiger partial charge is 0.223 e. The standard InChI is InChI=1S/C16H23NO/c1-2-3-4-8-11-17-16(18)15-12-14(15)13-9-6-5-7-10-13/h5-7,9-10,14-15H,2-4,8,11-12H2,1H3,(H,17,18)/t14-,15+/m1/s1. The number of benzene rings is 1. The Kier molecular flexibility index (Phi) is 4.80. The molecule has 1 aliphatic rings. The maximum absolute atomic E-state index is 11.9. The zero-order valence-electron chi connectivity index (χ0n) is 11.2. The Morgan fingerprint density at radius 3 is 2.72 bits per heavy atom. The predicted octanol–water partition coefficient (Wildman–Crippen LogP) is 3.49. The molecule has 0 heterocycles. The largest absolute Gasteiger partial charge is 0.356 e. The molecule has 0 aromatic heterocycles. The zero-order chi connectivity index (χ0) is 12.8. The van der Waals surface area contributed by atoms with Crippen molar-refractivity contribution >= 4 is 5.91 Å². The lowest BCUT2D eigenvalue weighted by Crippen LogP contribution is -2.26. The molecule has 1 amide bonds. The first-order chi connectivity index (χ1) is 8.83. The number of hydrogen-bond acceptors (Lipinski definition) is 1. The van der Waals surface area contributed by atoms with E-state index >= 15 is 0 Å². The number of carbonyl (C=O) groups is 1. The third-order valence-corrected chi connectivity index (χ3v) is 3.68. The molecule has 98 valence electrons. The second kappa shape index (κ2) is 6.58. The summed E-state index contributed by atoms with van der Waals surface area (Å²) in [6.07, 6.45) is 5.87. The van der Waals surface area contributed by atoms with Gasteiger partial charge >= 0.3 is 0 Å². The Hall–Kier alpha value is -1.31. The Morgan fingerprint density at radius 2 is 2.00 bits per heavy atom. The van der Waals surface area contributed by atoms with Crippen LogP contribution in [0, 0.1) is 5.92 Å². The van der Waals surface area contributed by atoms with Crippen LogP contribution >= 0.6 is 0 Å². The molecule has 2 heteroatoms. The summed E-state index contributed by atoms with van der Waals surface area (Å²) < 4.78 is 0. The van der Waals surface area contributed by atoms with Gasteiger partial charge in [0, 0.05) is 12.5 Å². The maximum Gasteiger partial charge on any atom is 0.223 e. The highest BCUT2D eigenvalue weighted by atomic mass is 16.2. The van der Waals surface area contributed by atoms with Gasteiger partial charge in [0.25, 0.3) is 0 Å². The van der Waals surface area contributed by atoms with Crippen LogP contribution in [0.15, 0.2) is 30.3 Å². The molecule has 0 spiro atoms. The molecule has 2 atom stereocenters.